The lowest BCUT2D eigenvalue weighted by Gasteiger charge is -2.11. The Hall–Kier alpha value is -2.41. The lowest BCUT2D eigenvalue weighted by molar-refractivity contribution is 0.350. The zero-order valence-corrected chi connectivity index (χ0v) is 14.0. The van der Waals surface area contributed by atoms with E-state index in [0.29, 0.717) is 22.3 Å². The summed E-state index contributed by atoms with van der Waals surface area (Å²) in [6, 6.07) is 9.41. The molecule has 3 rings (SSSR count). The SMILES string of the molecule is COc1ccnc(CS(=O)c2nc3ccccc3n2C)c1OC. The Bertz CT molecular complexity index is 876. The van der Waals surface area contributed by atoms with Gasteiger partial charge in [0.15, 0.2) is 16.7 Å². The summed E-state index contributed by atoms with van der Waals surface area (Å²) in [4.78, 5) is 8.74. The predicted molar refractivity (Wildman–Crippen MR) is 88.2 cm³/mol. The molecule has 0 spiro atoms. The minimum absolute atomic E-state index is 0.206. The third-order valence-corrected chi connectivity index (χ3v) is 4.89. The average molecular weight is 331 g/mol. The van der Waals surface area contributed by atoms with Gasteiger partial charge in [0, 0.05) is 19.3 Å². The number of fused-ring (bicyclic) bond motifs is 1. The third kappa shape index (κ3) is 2.79. The van der Waals surface area contributed by atoms with Crippen molar-refractivity contribution >= 4 is 21.8 Å². The molecule has 0 aliphatic heterocycles. The van der Waals surface area contributed by atoms with Gasteiger partial charge in [-0.15, -0.1) is 0 Å². The number of methoxy groups -OCH3 is 2. The van der Waals surface area contributed by atoms with Crippen LogP contribution < -0.4 is 9.47 Å². The predicted octanol–water partition coefficient (Wildman–Crippen LogP) is 2.29. The number of hydrogen-bond donors (Lipinski definition) is 0. The molecule has 0 aliphatic rings. The molecule has 0 saturated heterocycles. The first-order chi connectivity index (χ1) is 11.2. The summed E-state index contributed by atoms with van der Waals surface area (Å²) in [5.74, 6) is 1.28. The van der Waals surface area contributed by atoms with Crippen molar-refractivity contribution in [3.8, 4) is 11.5 Å². The summed E-state index contributed by atoms with van der Waals surface area (Å²) in [5, 5.41) is 0.512. The van der Waals surface area contributed by atoms with Crippen LogP contribution >= 0.6 is 0 Å². The van der Waals surface area contributed by atoms with Gasteiger partial charge >= 0.3 is 0 Å². The second kappa shape index (κ2) is 6.37. The van der Waals surface area contributed by atoms with E-state index in [1.54, 1.807) is 26.5 Å². The molecular formula is C16H17N3O3S. The molecule has 2 aromatic heterocycles. The van der Waals surface area contributed by atoms with Crippen LogP contribution in [0.1, 0.15) is 5.69 Å². The molecule has 2 heterocycles. The fourth-order valence-corrected chi connectivity index (χ4v) is 3.66. The van der Waals surface area contributed by atoms with Gasteiger partial charge in [0.1, 0.15) is 0 Å². The second-order valence-corrected chi connectivity index (χ2v) is 6.27. The van der Waals surface area contributed by atoms with Crippen molar-refractivity contribution in [2.45, 2.75) is 10.9 Å². The molecule has 0 fully saturated rings. The van der Waals surface area contributed by atoms with Crippen LogP contribution in [0.15, 0.2) is 41.7 Å². The van der Waals surface area contributed by atoms with Crippen molar-refractivity contribution in [2.75, 3.05) is 14.2 Å². The van der Waals surface area contributed by atoms with E-state index in [4.69, 9.17) is 9.47 Å². The van der Waals surface area contributed by atoms with E-state index >= 15 is 0 Å². The van der Waals surface area contributed by atoms with E-state index in [0.717, 1.165) is 11.0 Å². The van der Waals surface area contributed by atoms with Crippen LogP contribution in [0.4, 0.5) is 0 Å². The molecule has 23 heavy (non-hydrogen) atoms. The van der Waals surface area contributed by atoms with E-state index in [-0.39, 0.29) is 5.75 Å². The largest absolute Gasteiger partial charge is 0.493 e. The van der Waals surface area contributed by atoms with Crippen molar-refractivity contribution < 1.29 is 13.7 Å². The van der Waals surface area contributed by atoms with Crippen molar-refractivity contribution in [3.05, 3.63) is 42.2 Å². The molecular weight excluding hydrogens is 314 g/mol. The molecule has 6 nitrogen and oxygen atoms in total. The zero-order valence-electron chi connectivity index (χ0n) is 13.1. The van der Waals surface area contributed by atoms with E-state index in [2.05, 4.69) is 9.97 Å². The summed E-state index contributed by atoms with van der Waals surface area (Å²) < 4.78 is 25.2. The lowest BCUT2D eigenvalue weighted by Crippen LogP contribution is -2.07. The molecule has 0 aliphatic carbocycles. The van der Waals surface area contributed by atoms with Gasteiger partial charge in [-0.25, -0.2) is 4.98 Å². The van der Waals surface area contributed by atoms with E-state index in [1.165, 1.54) is 0 Å². The quantitative estimate of drug-likeness (QED) is 0.718. The highest BCUT2D eigenvalue weighted by Gasteiger charge is 2.19. The van der Waals surface area contributed by atoms with Gasteiger partial charge in [-0.1, -0.05) is 12.1 Å². The molecule has 0 bridgehead atoms. The van der Waals surface area contributed by atoms with Gasteiger partial charge in [-0.3, -0.25) is 9.19 Å². The van der Waals surface area contributed by atoms with Crippen LogP contribution in [0.5, 0.6) is 11.5 Å². The van der Waals surface area contributed by atoms with E-state index in [9.17, 15) is 4.21 Å². The average Bonchev–Trinajstić information content (AvgIpc) is 2.92. The first-order valence-electron chi connectivity index (χ1n) is 7.01. The maximum Gasteiger partial charge on any atom is 0.200 e. The molecule has 0 amide bonds. The molecule has 0 radical (unpaired) electrons. The summed E-state index contributed by atoms with van der Waals surface area (Å²) in [7, 11) is 3.62. The minimum Gasteiger partial charge on any atom is -0.493 e. The smallest absolute Gasteiger partial charge is 0.200 e. The number of para-hydroxylation sites is 2. The Balaban J connectivity index is 1.97. The number of aromatic nitrogens is 3. The summed E-state index contributed by atoms with van der Waals surface area (Å²) in [6.07, 6.45) is 1.61. The minimum atomic E-state index is -1.35. The zero-order chi connectivity index (χ0) is 16.4. The number of ether oxygens (including phenoxy) is 2. The highest BCUT2D eigenvalue weighted by atomic mass is 32.2. The van der Waals surface area contributed by atoms with E-state index in [1.807, 2.05) is 35.9 Å². The monoisotopic (exact) mass is 331 g/mol. The number of rotatable bonds is 5. The van der Waals surface area contributed by atoms with Crippen LogP contribution in [-0.2, 0) is 23.6 Å². The van der Waals surface area contributed by atoms with Crippen LogP contribution in [0.3, 0.4) is 0 Å². The molecule has 1 atom stereocenters. The highest BCUT2D eigenvalue weighted by molar-refractivity contribution is 7.84. The maximum atomic E-state index is 12.8. The molecule has 0 saturated carbocycles. The van der Waals surface area contributed by atoms with Crippen LogP contribution in [-0.4, -0.2) is 33.0 Å². The lowest BCUT2D eigenvalue weighted by atomic mass is 10.3. The molecule has 1 aromatic carbocycles. The Morgan fingerprint density at radius 3 is 2.65 bits per heavy atom. The van der Waals surface area contributed by atoms with Crippen molar-refractivity contribution in [1.29, 1.82) is 0 Å². The summed E-state index contributed by atoms with van der Waals surface area (Å²) in [6.45, 7) is 0. The number of hydrogen-bond acceptors (Lipinski definition) is 5. The highest BCUT2D eigenvalue weighted by Crippen LogP contribution is 2.30. The van der Waals surface area contributed by atoms with Gasteiger partial charge in [-0.05, 0) is 12.1 Å². The normalized spacial score (nSPS) is 12.3. The standard InChI is InChI=1S/C16H17N3O3S/c1-19-13-7-5-4-6-11(13)18-16(19)23(20)10-12-15(22-3)14(21-2)8-9-17-12/h4-9H,10H2,1-3H3. The van der Waals surface area contributed by atoms with Gasteiger partial charge < -0.3 is 14.0 Å². The van der Waals surface area contributed by atoms with Crippen LogP contribution in [0.2, 0.25) is 0 Å². The Kier molecular flexibility index (Phi) is 4.29. The number of benzene rings is 1. The first-order valence-corrected chi connectivity index (χ1v) is 8.33. The first kappa shape index (κ1) is 15.5. The molecule has 0 N–H and O–H groups in total. The topological polar surface area (TPSA) is 66.2 Å². The van der Waals surface area contributed by atoms with Crippen LogP contribution in [0.25, 0.3) is 11.0 Å². The van der Waals surface area contributed by atoms with Gasteiger partial charge in [-0.2, -0.15) is 0 Å². The fraction of sp³-hybridized carbons (Fsp3) is 0.250. The van der Waals surface area contributed by atoms with Crippen LogP contribution in [0, 0.1) is 0 Å². The molecule has 1 unspecified atom stereocenters. The second-order valence-electron chi connectivity index (χ2n) is 4.93. The summed E-state index contributed by atoms with van der Waals surface area (Å²) in [5.41, 5.74) is 2.35. The van der Waals surface area contributed by atoms with Crippen molar-refractivity contribution in [2.24, 2.45) is 7.05 Å². The fourth-order valence-electron chi connectivity index (χ4n) is 2.47. The Labute approximate surface area is 136 Å². The van der Waals surface area contributed by atoms with Crippen molar-refractivity contribution in [3.63, 3.8) is 0 Å². The Morgan fingerprint density at radius 1 is 1.17 bits per heavy atom. The molecule has 3 aromatic rings. The van der Waals surface area contributed by atoms with Gasteiger partial charge in [0.25, 0.3) is 0 Å². The number of aryl methyl sites for hydroxylation is 1. The summed E-state index contributed by atoms with van der Waals surface area (Å²) >= 11 is 0. The van der Waals surface area contributed by atoms with Gasteiger partial charge in [0.05, 0.1) is 47.5 Å². The molecule has 7 heteroatoms. The molecule has 120 valence electrons. The maximum absolute atomic E-state index is 12.8. The van der Waals surface area contributed by atoms with Gasteiger partial charge in [0.2, 0.25) is 0 Å². The van der Waals surface area contributed by atoms with E-state index < -0.39 is 10.8 Å². The van der Waals surface area contributed by atoms with Crippen molar-refractivity contribution in [1.82, 2.24) is 14.5 Å². The number of imidazole rings is 1. The number of pyridine rings is 1. The number of nitrogens with zero attached hydrogens (tertiary/aromatic N) is 3. The third-order valence-electron chi connectivity index (χ3n) is 3.58. The Morgan fingerprint density at radius 2 is 1.96 bits per heavy atom.